The van der Waals surface area contributed by atoms with Crippen LogP contribution in [0.1, 0.15) is 34.1 Å². The molecule has 1 fully saturated rings. The average molecular weight is 523 g/mol. The number of nitrogens with two attached hydrogens (primary N) is 1. The Morgan fingerprint density at radius 3 is 2.43 bits per heavy atom. The molecule has 16 heteroatoms. The largest absolute Gasteiger partial charge is 0.503 e. The average Bonchev–Trinajstić information content (AvgIpc) is 3.06. The van der Waals surface area contributed by atoms with Crippen LogP contribution < -0.4 is 5.73 Å². The van der Waals surface area contributed by atoms with Crippen LogP contribution >= 0.6 is 7.60 Å². The molecule has 0 saturated carbocycles. The van der Waals surface area contributed by atoms with Crippen LogP contribution in [0.3, 0.4) is 0 Å². The number of hydrogen-bond acceptors (Lipinski definition) is 11. The highest BCUT2D eigenvalue weighted by Gasteiger charge is 2.39. The highest BCUT2D eigenvalue weighted by molar-refractivity contribution is 7.53. The molecule has 0 aromatic carbocycles. The molecule has 3 aliphatic heterocycles. The van der Waals surface area contributed by atoms with E-state index in [-0.39, 0.29) is 24.0 Å². The molecule has 35 heavy (non-hydrogen) atoms. The predicted molar refractivity (Wildman–Crippen MR) is 127 cm³/mol. The van der Waals surface area contributed by atoms with Gasteiger partial charge in [-0.15, -0.1) is 0 Å². The van der Waals surface area contributed by atoms with Gasteiger partial charge in [0.25, 0.3) is 0 Å². The summed E-state index contributed by atoms with van der Waals surface area (Å²) in [5, 5.41) is 27.9. The van der Waals surface area contributed by atoms with E-state index >= 15 is 0 Å². The zero-order valence-corrected chi connectivity index (χ0v) is 21.0. The van der Waals surface area contributed by atoms with Crippen molar-refractivity contribution in [2.24, 2.45) is 32.0 Å². The lowest BCUT2D eigenvalue weighted by Crippen LogP contribution is -2.44. The van der Waals surface area contributed by atoms with Crippen molar-refractivity contribution >= 4 is 37.8 Å². The molecule has 0 aromatic rings. The Morgan fingerprint density at radius 1 is 1.26 bits per heavy atom. The van der Waals surface area contributed by atoms with E-state index in [0.717, 1.165) is 6.42 Å². The molecule has 0 radical (unpaired) electrons. The SMILES string of the molecule is CC(C)C1(C)CCOP(=O)(CO[C@@H](C)CN2CN=C3C(N)=NC=NC32)OC1.O=C(O)O.O=C(O)O. The number of amidine groups is 1. The van der Waals surface area contributed by atoms with Crippen LogP contribution in [0, 0.1) is 11.3 Å². The molecule has 4 atom stereocenters. The van der Waals surface area contributed by atoms with Crippen molar-refractivity contribution in [3.05, 3.63) is 0 Å². The fourth-order valence-electron chi connectivity index (χ4n) is 3.16. The quantitative estimate of drug-likeness (QED) is 0.316. The van der Waals surface area contributed by atoms with Crippen LogP contribution in [0.25, 0.3) is 0 Å². The van der Waals surface area contributed by atoms with E-state index in [4.69, 9.17) is 49.5 Å². The molecular formula is C19H34N5O10P. The molecule has 3 aliphatic rings. The Hall–Kier alpha value is -2.58. The van der Waals surface area contributed by atoms with Gasteiger partial charge in [0.2, 0.25) is 0 Å². The van der Waals surface area contributed by atoms with Crippen molar-refractivity contribution in [1.29, 1.82) is 0 Å². The van der Waals surface area contributed by atoms with Gasteiger partial charge in [0.15, 0.2) is 6.17 Å². The molecule has 0 aromatic heterocycles. The summed E-state index contributed by atoms with van der Waals surface area (Å²) in [5.74, 6) is 0.827. The highest BCUT2D eigenvalue weighted by atomic mass is 31.2. The topological polar surface area (TPSA) is 226 Å². The number of hydrogen-bond donors (Lipinski definition) is 5. The van der Waals surface area contributed by atoms with E-state index in [0.29, 0.717) is 43.9 Å². The van der Waals surface area contributed by atoms with E-state index in [9.17, 15) is 4.57 Å². The minimum Gasteiger partial charge on any atom is -0.450 e. The van der Waals surface area contributed by atoms with Crippen molar-refractivity contribution in [3.8, 4) is 0 Å². The molecule has 15 nitrogen and oxygen atoms in total. The number of aliphatic imine (C=N–C) groups is 3. The zero-order chi connectivity index (χ0) is 26.8. The van der Waals surface area contributed by atoms with E-state index < -0.39 is 19.9 Å². The molecule has 0 aliphatic carbocycles. The number of nitrogens with zero attached hydrogens (tertiary/aromatic N) is 4. The Balaban J connectivity index is 0.000000668. The van der Waals surface area contributed by atoms with E-state index in [1.807, 2.05) is 11.8 Å². The standard InChI is InChI=1S/C17H30N5O4P.2CH2O3/c1-12(2)17(4)5-6-25-27(23,26-8-17)11-24-13(3)7-22-10-21-14-15(18)19-9-20-16(14)22;2*2-1(3)4/h9,12-13,16H,5-8,10-11H2,1-4H3,(H2,18,19,20);2*(H2,2,3,4)/t13-,16?,17?,27?;;/m0../s1. The van der Waals surface area contributed by atoms with Gasteiger partial charge in [-0.1, -0.05) is 20.8 Å². The van der Waals surface area contributed by atoms with E-state index in [1.165, 1.54) is 6.34 Å². The maximum atomic E-state index is 12.9. The van der Waals surface area contributed by atoms with Crippen LogP contribution in [-0.4, -0.2) is 101 Å². The van der Waals surface area contributed by atoms with Gasteiger partial charge < -0.3 is 39.9 Å². The van der Waals surface area contributed by atoms with Crippen LogP contribution in [0.5, 0.6) is 0 Å². The summed E-state index contributed by atoms with van der Waals surface area (Å²) in [6, 6.07) is 0. The summed E-state index contributed by atoms with van der Waals surface area (Å²) in [6.45, 7) is 10.3. The van der Waals surface area contributed by atoms with Gasteiger partial charge in [-0.2, -0.15) is 0 Å². The van der Waals surface area contributed by atoms with Gasteiger partial charge in [-0.05, 0) is 24.7 Å². The second kappa shape index (κ2) is 13.5. The molecule has 0 spiro atoms. The Kier molecular flexibility index (Phi) is 11.7. The lowest BCUT2D eigenvalue weighted by molar-refractivity contribution is 0.0476. The van der Waals surface area contributed by atoms with E-state index in [2.05, 4.69) is 35.7 Å². The summed E-state index contributed by atoms with van der Waals surface area (Å²) in [5.41, 5.74) is 6.50. The van der Waals surface area contributed by atoms with Crippen molar-refractivity contribution in [3.63, 3.8) is 0 Å². The fraction of sp³-hybridized carbons (Fsp3) is 0.737. The van der Waals surface area contributed by atoms with Crippen molar-refractivity contribution in [2.45, 2.75) is 46.4 Å². The number of carbonyl (C=O) groups is 2. The van der Waals surface area contributed by atoms with Gasteiger partial charge in [0.1, 0.15) is 24.2 Å². The minimum absolute atomic E-state index is 0.0401. The monoisotopic (exact) mass is 523 g/mol. The van der Waals surface area contributed by atoms with Crippen LogP contribution in [0.4, 0.5) is 9.59 Å². The Labute approximate surface area is 202 Å². The van der Waals surface area contributed by atoms with Gasteiger partial charge in [-0.3, -0.25) is 14.5 Å². The third-order valence-corrected chi connectivity index (χ3v) is 7.20. The predicted octanol–water partition coefficient (Wildman–Crippen LogP) is 2.53. The third-order valence-electron chi connectivity index (χ3n) is 5.64. The van der Waals surface area contributed by atoms with Crippen molar-refractivity contribution in [2.75, 3.05) is 32.8 Å². The Morgan fingerprint density at radius 2 is 1.86 bits per heavy atom. The first kappa shape index (κ1) is 30.5. The minimum atomic E-state index is -3.25. The maximum Gasteiger partial charge on any atom is 0.503 e. The Bertz CT molecular complexity index is 860. The third kappa shape index (κ3) is 10.3. The summed E-state index contributed by atoms with van der Waals surface area (Å²) >= 11 is 0. The molecule has 3 unspecified atom stereocenters. The van der Waals surface area contributed by atoms with Gasteiger partial charge in [0.05, 0.1) is 26.0 Å². The number of fused-ring (bicyclic) bond motifs is 1. The molecule has 0 amide bonds. The zero-order valence-electron chi connectivity index (χ0n) is 20.1. The second-order valence-electron chi connectivity index (χ2n) is 8.56. The molecule has 1 saturated heterocycles. The first-order chi connectivity index (χ1) is 16.2. The molecule has 200 valence electrons. The molecule has 0 bridgehead atoms. The summed E-state index contributed by atoms with van der Waals surface area (Å²) in [7, 11) is -3.25. The van der Waals surface area contributed by atoms with Gasteiger partial charge in [0, 0.05) is 6.54 Å². The first-order valence-corrected chi connectivity index (χ1v) is 12.4. The second-order valence-corrected chi connectivity index (χ2v) is 10.6. The normalized spacial score (nSPS) is 28.8. The number of carboxylic acid groups (broad SMARTS) is 4. The van der Waals surface area contributed by atoms with Crippen molar-refractivity contribution in [1.82, 2.24) is 4.90 Å². The fourth-order valence-corrected chi connectivity index (χ4v) is 4.69. The first-order valence-electron chi connectivity index (χ1n) is 10.7. The summed E-state index contributed by atoms with van der Waals surface area (Å²) < 4.78 is 30.0. The van der Waals surface area contributed by atoms with Crippen LogP contribution in [-0.2, 0) is 18.3 Å². The molecular weight excluding hydrogens is 489 g/mol. The van der Waals surface area contributed by atoms with Crippen LogP contribution in [0.15, 0.2) is 15.0 Å². The molecule has 3 rings (SSSR count). The summed E-state index contributed by atoms with van der Waals surface area (Å²) in [6.07, 6.45) is -1.85. The van der Waals surface area contributed by atoms with Crippen molar-refractivity contribution < 1.29 is 48.4 Å². The number of ether oxygens (including phenoxy) is 1. The lowest BCUT2D eigenvalue weighted by atomic mass is 9.77. The lowest BCUT2D eigenvalue weighted by Gasteiger charge is -2.31. The maximum absolute atomic E-state index is 12.9. The van der Waals surface area contributed by atoms with Gasteiger partial charge in [-0.25, -0.2) is 19.6 Å². The van der Waals surface area contributed by atoms with E-state index in [1.54, 1.807) is 0 Å². The molecule has 6 N–H and O–H groups in total. The highest BCUT2D eigenvalue weighted by Crippen LogP contribution is 2.53. The number of rotatable bonds is 6. The van der Waals surface area contributed by atoms with Crippen LogP contribution in [0.2, 0.25) is 0 Å². The summed E-state index contributed by atoms with van der Waals surface area (Å²) in [4.78, 5) is 31.8. The smallest absolute Gasteiger partial charge is 0.450 e. The van der Waals surface area contributed by atoms with Gasteiger partial charge >= 0.3 is 19.9 Å². The molecule has 3 heterocycles.